The smallest absolute Gasteiger partial charge is 0.225 e. The highest BCUT2D eigenvalue weighted by Gasteiger charge is 2.13. The van der Waals surface area contributed by atoms with E-state index < -0.39 is 15.8 Å². The van der Waals surface area contributed by atoms with Crippen LogP contribution in [0.5, 0.6) is 0 Å². The molecule has 1 fully saturated rings. The molecular weight excluding hydrogens is 202 g/mol. The maximum atomic E-state index is 11.1. The minimum Gasteiger partial charge on any atom is -0.302 e. The van der Waals surface area contributed by atoms with Gasteiger partial charge in [-0.05, 0) is 25.9 Å². The van der Waals surface area contributed by atoms with E-state index in [1.54, 1.807) is 6.07 Å². The number of hydrogen-bond acceptors (Lipinski definition) is 4. The van der Waals surface area contributed by atoms with E-state index in [2.05, 4.69) is 9.62 Å². The van der Waals surface area contributed by atoms with Crippen LogP contribution >= 0.6 is 0 Å². The van der Waals surface area contributed by atoms with Crippen LogP contribution in [0.3, 0.4) is 0 Å². The molecule has 6 heteroatoms. The third-order valence-electron chi connectivity index (χ3n) is 2.20. The van der Waals surface area contributed by atoms with Crippen LogP contribution in [0.2, 0.25) is 0 Å². The fraction of sp³-hybridized carbons (Fsp3) is 0.875. The quantitative estimate of drug-likeness (QED) is 0.675. The molecule has 0 bridgehead atoms. The molecule has 0 saturated carbocycles. The molecule has 5 nitrogen and oxygen atoms in total. The largest absolute Gasteiger partial charge is 0.302 e. The Morgan fingerprint density at radius 1 is 1.36 bits per heavy atom. The van der Waals surface area contributed by atoms with E-state index in [1.807, 2.05) is 0 Å². The lowest BCUT2D eigenvalue weighted by Gasteiger charge is -2.13. The van der Waals surface area contributed by atoms with Crippen molar-refractivity contribution in [1.29, 1.82) is 5.26 Å². The standard InChI is InChI=1S/C8H15N3O2S/c9-3-8-14(12,13)10-4-7-11-5-1-2-6-11/h10H,1-2,4-8H2. The molecule has 0 unspecified atom stereocenters. The van der Waals surface area contributed by atoms with Crippen LogP contribution in [0.15, 0.2) is 0 Å². The van der Waals surface area contributed by atoms with Crippen molar-refractivity contribution in [3.63, 3.8) is 0 Å². The summed E-state index contributed by atoms with van der Waals surface area (Å²) >= 11 is 0. The van der Waals surface area contributed by atoms with Gasteiger partial charge in [0.2, 0.25) is 10.0 Å². The maximum absolute atomic E-state index is 11.1. The molecular formula is C8H15N3O2S. The highest BCUT2D eigenvalue weighted by Crippen LogP contribution is 2.05. The zero-order valence-electron chi connectivity index (χ0n) is 8.07. The highest BCUT2D eigenvalue weighted by atomic mass is 32.2. The summed E-state index contributed by atoms with van der Waals surface area (Å²) in [5.41, 5.74) is 0. The second-order valence-corrected chi connectivity index (χ2v) is 5.17. The van der Waals surface area contributed by atoms with Gasteiger partial charge in [-0.15, -0.1) is 0 Å². The first-order valence-corrected chi connectivity index (χ1v) is 6.36. The number of hydrogen-bond donors (Lipinski definition) is 1. The van der Waals surface area contributed by atoms with Crippen LogP contribution in [0, 0.1) is 11.3 Å². The molecule has 0 atom stereocenters. The molecule has 80 valence electrons. The van der Waals surface area contributed by atoms with E-state index >= 15 is 0 Å². The fourth-order valence-electron chi connectivity index (χ4n) is 1.50. The molecule has 14 heavy (non-hydrogen) atoms. The van der Waals surface area contributed by atoms with Gasteiger partial charge in [-0.1, -0.05) is 0 Å². The Hall–Kier alpha value is -0.640. The zero-order chi connectivity index (χ0) is 10.4. The summed E-state index contributed by atoms with van der Waals surface area (Å²) in [6, 6.07) is 1.62. The van der Waals surface area contributed by atoms with E-state index in [4.69, 9.17) is 5.26 Å². The Labute approximate surface area is 84.8 Å². The lowest BCUT2D eigenvalue weighted by molar-refractivity contribution is 0.344. The lowest BCUT2D eigenvalue weighted by atomic mass is 10.4. The predicted octanol–water partition coefficient (Wildman–Crippen LogP) is -0.475. The molecule has 1 heterocycles. The van der Waals surface area contributed by atoms with Gasteiger partial charge < -0.3 is 4.90 Å². The first-order valence-electron chi connectivity index (χ1n) is 4.71. The summed E-state index contributed by atoms with van der Waals surface area (Å²) in [6.07, 6.45) is 2.40. The van der Waals surface area contributed by atoms with Crippen molar-refractivity contribution < 1.29 is 8.42 Å². The Balaban J connectivity index is 2.17. The summed E-state index contributed by atoms with van der Waals surface area (Å²) in [7, 11) is -3.36. The molecule has 1 N–H and O–H groups in total. The van der Waals surface area contributed by atoms with Crippen LogP contribution in [-0.4, -0.2) is 45.2 Å². The van der Waals surface area contributed by atoms with E-state index in [9.17, 15) is 8.42 Å². The van der Waals surface area contributed by atoms with E-state index in [0.717, 1.165) is 19.6 Å². The molecule has 0 radical (unpaired) electrons. The molecule has 1 rings (SSSR count). The fourth-order valence-corrected chi connectivity index (χ4v) is 2.18. The van der Waals surface area contributed by atoms with Crippen molar-refractivity contribution in [2.75, 3.05) is 31.9 Å². The lowest BCUT2D eigenvalue weighted by Crippen LogP contribution is -2.34. The minimum atomic E-state index is -3.36. The molecule has 0 spiro atoms. The molecule has 1 aliphatic rings. The van der Waals surface area contributed by atoms with Gasteiger partial charge in [0.25, 0.3) is 0 Å². The van der Waals surface area contributed by atoms with Crippen molar-refractivity contribution in [2.24, 2.45) is 0 Å². The van der Waals surface area contributed by atoms with Crippen molar-refractivity contribution in [3.05, 3.63) is 0 Å². The average molecular weight is 217 g/mol. The Morgan fingerprint density at radius 3 is 2.57 bits per heavy atom. The zero-order valence-corrected chi connectivity index (χ0v) is 8.89. The van der Waals surface area contributed by atoms with Gasteiger partial charge in [0.05, 0.1) is 6.07 Å². The second-order valence-electron chi connectivity index (χ2n) is 3.36. The number of nitrogens with zero attached hydrogens (tertiary/aromatic N) is 2. The van der Waals surface area contributed by atoms with Gasteiger partial charge in [-0.3, -0.25) is 0 Å². The molecule has 1 aliphatic heterocycles. The number of likely N-dealkylation sites (tertiary alicyclic amines) is 1. The van der Waals surface area contributed by atoms with Crippen LogP contribution in [0.25, 0.3) is 0 Å². The Kier molecular flexibility index (Phi) is 4.32. The molecule has 0 amide bonds. The summed E-state index contributed by atoms with van der Waals surface area (Å²) in [4.78, 5) is 2.22. The summed E-state index contributed by atoms with van der Waals surface area (Å²) in [6.45, 7) is 3.26. The first-order chi connectivity index (χ1) is 6.64. The van der Waals surface area contributed by atoms with Crippen molar-refractivity contribution >= 4 is 10.0 Å². The summed E-state index contributed by atoms with van der Waals surface area (Å²) in [5.74, 6) is -0.451. The third-order valence-corrected chi connectivity index (χ3v) is 3.36. The Bertz CT molecular complexity index is 301. The molecule has 0 aromatic carbocycles. The van der Waals surface area contributed by atoms with Crippen molar-refractivity contribution in [1.82, 2.24) is 9.62 Å². The normalized spacial score (nSPS) is 18.2. The number of nitriles is 1. The molecule has 0 aromatic rings. The van der Waals surface area contributed by atoms with Gasteiger partial charge in [0.1, 0.15) is 0 Å². The average Bonchev–Trinajstić information content (AvgIpc) is 2.56. The minimum absolute atomic E-state index is 0.407. The van der Waals surface area contributed by atoms with Gasteiger partial charge in [-0.25, -0.2) is 13.1 Å². The number of sulfonamides is 1. The third kappa shape index (κ3) is 4.05. The van der Waals surface area contributed by atoms with Crippen LogP contribution in [-0.2, 0) is 10.0 Å². The van der Waals surface area contributed by atoms with Gasteiger partial charge in [0, 0.05) is 13.1 Å². The second kappa shape index (κ2) is 5.29. The van der Waals surface area contributed by atoms with E-state index in [-0.39, 0.29) is 0 Å². The van der Waals surface area contributed by atoms with Gasteiger partial charge >= 0.3 is 0 Å². The Morgan fingerprint density at radius 2 is 2.00 bits per heavy atom. The van der Waals surface area contributed by atoms with E-state index in [0.29, 0.717) is 6.54 Å². The number of rotatable bonds is 5. The summed E-state index contributed by atoms with van der Waals surface area (Å²) < 4.78 is 24.5. The van der Waals surface area contributed by atoms with Crippen LogP contribution in [0.4, 0.5) is 0 Å². The molecule has 0 aliphatic carbocycles. The van der Waals surface area contributed by atoms with Gasteiger partial charge in [-0.2, -0.15) is 5.26 Å². The van der Waals surface area contributed by atoms with Crippen molar-refractivity contribution in [2.45, 2.75) is 12.8 Å². The molecule has 0 aromatic heterocycles. The monoisotopic (exact) mass is 217 g/mol. The predicted molar refractivity (Wildman–Crippen MR) is 53.1 cm³/mol. The highest BCUT2D eigenvalue weighted by molar-refractivity contribution is 7.89. The van der Waals surface area contributed by atoms with Crippen LogP contribution in [0.1, 0.15) is 12.8 Å². The molecule has 1 saturated heterocycles. The number of nitrogens with one attached hydrogen (secondary N) is 1. The van der Waals surface area contributed by atoms with E-state index in [1.165, 1.54) is 12.8 Å². The van der Waals surface area contributed by atoms with Gasteiger partial charge in [0.15, 0.2) is 5.75 Å². The summed E-state index contributed by atoms with van der Waals surface area (Å²) in [5, 5.41) is 8.23. The SMILES string of the molecule is N#CCS(=O)(=O)NCCN1CCCC1. The topological polar surface area (TPSA) is 73.2 Å². The first kappa shape index (κ1) is 11.4. The van der Waals surface area contributed by atoms with Crippen molar-refractivity contribution in [3.8, 4) is 6.07 Å². The maximum Gasteiger partial charge on any atom is 0.225 e. The van der Waals surface area contributed by atoms with Crippen LogP contribution < -0.4 is 4.72 Å².